The van der Waals surface area contributed by atoms with Gasteiger partial charge in [-0.3, -0.25) is 0 Å². The predicted molar refractivity (Wildman–Crippen MR) is 55.4 cm³/mol. The second-order valence-corrected chi connectivity index (χ2v) is 3.93. The van der Waals surface area contributed by atoms with E-state index in [0.29, 0.717) is 11.8 Å². The molecule has 0 saturated carbocycles. The molecule has 74 valence electrons. The Kier molecular flexibility index (Phi) is 2.63. The van der Waals surface area contributed by atoms with Crippen LogP contribution < -0.4 is 4.74 Å². The largest absolute Gasteiger partial charge is 0.470 e. The zero-order chi connectivity index (χ0) is 9.97. The van der Waals surface area contributed by atoms with E-state index in [1.807, 2.05) is 6.92 Å². The smallest absolute Gasteiger partial charge is 0.274 e. The van der Waals surface area contributed by atoms with E-state index in [1.165, 1.54) is 23.5 Å². The van der Waals surface area contributed by atoms with Gasteiger partial charge in [0.2, 0.25) is 0 Å². The molecule has 0 aliphatic heterocycles. The summed E-state index contributed by atoms with van der Waals surface area (Å²) in [5.74, 6) is -0.233. The Hall–Kier alpha value is -1.16. The molecule has 0 amide bonds. The molecule has 0 fully saturated rings. The first-order valence-corrected chi connectivity index (χ1v) is 5.30. The molecular weight excluding hydrogens is 201 g/mol. The van der Waals surface area contributed by atoms with Crippen molar-refractivity contribution in [2.45, 2.75) is 13.3 Å². The van der Waals surface area contributed by atoms with Crippen LogP contribution in [0.1, 0.15) is 13.3 Å². The van der Waals surface area contributed by atoms with Gasteiger partial charge in [-0.25, -0.2) is 9.37 Å². The minimum atomic E-state index is -0.233. The molecule has 2 rings (SSSR count). The van der Waals surface area contributed by atoms with Crippen LogP contribution in [0.25, 0.3) is 10.2 Å². The Labute approximate surface area is 85.3 Å². The maximum Gasteiger partial charge on any atom is 0.274 e. The second kappa shape index (κ2) is 3.92. The second-order valence-electron chi connectivity index (χ2n) is 2.94. The summed E-state index contributed by atoms with van der Waals surface area (Å²) in [4.78, 5) is 4.22. The number of benzene rings is 1. The number of hydrogen-bond donors (Lipinski definition) is 0. The molecule has 14 heavy (non-hydrogen) atoms. The number of ether oxygens (including phenoxy) is 1. The van der Waals surface area contributed by atoms with Crippen molar-refractivity contribution >= 4 is 21.6 Å². The minimum Gasteiger partial charge on any atom is -0.470 e. The molecule has 1 heterocycles. The molecule has 0 bridgehead atoms. The van der Waals surface area contributed by atoms with Gasteiger partial charge < -0.3 is 4.74 Å². The van der Waals surface area contributed by atoms with Crippen LogP contribution >= 0.6 is 11.3 Å². The number of thiazole rings is 1. The van der Waals surface area contributed by atoms with Gasteiger partial charge in [-0.1, -0.05) is 18.3 Å². The summed E-state index contributed by atoms with van der Waals surface area (Å²) in [6, 6.07) is 4.55. The molecule has 4 heteroatoms. The van der Waals surface area contributed by atoms with Crippen molar-refractivity contribution in [2.24, 2.45) is 0 Å². The molecule has 0 unspecified atom stereocenters. The van der Waals surface area contributed by atoms with Crippen LogP contribution in [0.4, 0.5) is 4.39 Å². The molecule has 0 spiro atoms. The number of halogens is 1. The van der Waals surface area contributed by atoms with E-state index in [4.69, 9.17) is 4.74 Å². The highest BCUT2D eigenvalue weighted by Gasteiger charge is 2.04. The molecule has 0 saturated heterocycles. The lowest BCUT2D eigenvalue weighted by atomic mass is 10.3. The molecule has 2 aromatic rings. The number of hydrogen-bond acceptors (Lipinski definition) is 3. The molecule has 1 aromatic carbocycles. The summed E-state index contributed by atoms with van der Waals surface area (Å²) < 4.78 is 19.0. The van der Waals surface area contributed by atoms with Crippen LogP contribution in [0, 0.1) is 5.82 Å². The number of nitrogens with zero attached hydrogens (tertiary/aromatic N) is 1. The summed E-state index contributed by atoms with van der Waals surface area (Å²) in [7, 11) is 0. The van der Waals surface area contributed by atoms with E-state index in [-0.39, 0.29) is 5.82 Å². The Balaban J connectivity index is 2.32. The fourth-order valence-electron chi connectivity index (χ4n) is 1.13. The van der Waals surface area contributed by atoms with Gasteiger partial charge in [-0.2, -0.15) is 0 Å². The zero-order valence-corrected chi connectivity index (χ0v) is 8.60. The van der Waals surface area contributed by atoms with Crippen molar-refractivity contribution in [1.82, 2.24) is 4.98 Å². The van der Waals surface area contributed by atoms with E-state index >= 15 is 0 Å². The van der Waals surface area contributed by atoms with Crippen LogP contribution in [0.3, 0.4) is 0 Å². The van der Waals surface area contributed by atoms with Gasteiger partial charge in [0.15, 0.2) is 0 Å². The standard InChI is InChI=1S/C10H10FNOS/c1-2-5-13-10-12-8-4-3-7(11)6-9(8)14-10/h3-4,6H,2,5H2,1H3. The highest BCUT2D eigenvalue weighted by atomic mass is 32.1. The fraction of sp³-hybridized carbons (Fsp3) is 0.300. The lowest BCUT2D eigenvalue weighted by molar-refractivity contribution is 0.316. The maximum atomic E-state index is 12.8. The summed E-state index contributed by atoms with van der Waals surface area (Å²) in [6.45, 7) is 2.69. The van der Waals surface area contributed by atoms with Crippen LogP contribution in [0.5, 0.6) is 5.19 Å². The highest BCUT2D eigenvalue weighted by Crippen LogP contribution is 2.28. The summed E-state index contributed by atoms with van der Waals surface area (Å²) in [6.07, 6.45) is 0.949. The molecule has 0 radical (unpaired) electrons. The Bertz CT molecular complexity index is 441. The van der Waals surface area contributed by atoms with Crippen molar-refractivity contribution in [2.75, 3.05) is 6.61 Å². The number of fused-ring (bicyclic) bond motifs is 1. The van der Waals surface area contributed by atoms with Gasteiger partial charge in [-0.05, 0) is 24.6 Å². The van der Waals surface area contributed by atoms with Gasteiger partial charge in [0.1, 0.15) is 5.82 Å². The first kappa shape index (κ1) is 9.40. The summed E-state index contributed by atoms with van der Waals surface area (Å²) in [5.41, 5.74) is 0.794. The molecule has 2 nitrogen and oxygen atoms in total. The Morgan fingerprint density at radius 3 is 3.14 bits per heavy atom. The lowest BCUT2D eigenvalue weighted by Gasteiger charge is -1.95. The van der Waals surface area contributed by atoms with E-state index in [0.717, 1.165) is 16.6 Å². The van der Waals surface area contributed by atoms with E-state index in [2.05, 4.69) is 4.98 Å². The molecule has 0 atom stereocenters. The van der Waals surface area contributed by atoms with Crippen LogP contribution in [0.15, 0.2) is 18.2 Å². The quantitative estimate of drug-likeness (QED) is 0.777. The number of aromatic nitrogens is 1. The normalized spacial score (nSPS) is 10.7. The third-order valence-electron chi connectivity index (χ3n) is 1.76. The van der Waals surface area contributed by atoms with Crippen LogP contribution in [-0.2, 0) is 0 Å². The van der Waals surface area contributed by atoms with Crippen molar-refractivity contribution in [3.05, 3.63) is 24.0 Å². The monoisotopic (exact) mass is 211 g/mol. The number of rotatable bonds is 3. The predicted octanol–water partition coefficient (Wildman–Crippen LogP) is 3.22. The molecule has 0 aliphatic rings. The molecule has 0 aliphatic carbocycles. The van der Waals surface area contributed by atoms with E-state index in [9.17, 15) is 4.39 Å². The topological polar surface area (TPSA) is 22.1 Å². The van der Waals surface area contributed by atoms with E-state index < -0.39 is 0 Å². The van der Waals surface area contributed by atoms with Gasteiger partial charge in [0.05, 0.1) is 16.8 Å². The van der Waals surface area contributed by atoms with Gasteiger partial charge in [0, 0.05) is 0 Å². The van der Waals surface area contributed by atoms with Crippen molar-refractivity contribution < 1.29 is 9.13 Å². The average molecular weight is 211 g/mol. The van der Waals surface area contributed by atoms with Crippen molar-refractivity contribution in [1.29, 1.82) is 0 Å². The Morgan fingerprint density at radius 2 is 2.36 bits per heavy atom. The van der Waals surface area contributed by atoms with Gasteiger partial charge in [-0.15, -0.1) is 0 Å². The summed E-state index contributed by atoms with van der Waals surface area (Å²) >= 11 is 1.38. The van der Waals surface area contributed by atoms with Gasteiger partial charge in [0.25, 0.3) is 5.19 Å². The molecule has 0 N–H and O–H groups in total. The lowest BCUT2D eigenvalue weighted by Crippen LogP contribution is -1.93. The van der Waals surface area contributed by atoms with Crippen LogP contribution in [0.2, 0.25) is 0 Å². The summed E-state index contributed by atoms with van der Waals surface area (Å²) in [5, 5.41) is 0.618. The third kappa shape index (κ3) is 1.85. The SMILES string of the molecule is CCCOc1nc2ccc(F)cc2s1. The third-order valence-corrected chi connectivity index (χ3v) is 2.69. The highest BCUT2D eigenvalue weighted by molar-refractivity contribution is 7.20. The van der Waals surface area contributed by atoms with Crippen molar-refractivity contribution in [3.63, 3.8) is 0 Å². The molecular formula is C10H10FNOS. The van der Waals surface area contributed by atoms with Crippen LogP contribution in [-0.4, -0.2) is 11.6 Å². The first-order chi connectivity index (χ1) is 6.79. The first-order valence-electron chi connectivity index (χ1n) is 4.48. The Morgan fingerprint density at radius 1 is 1.50 bits per heavy atom. The zero-order valence-electron chi connectivity index (χ0n) is 7.79. The average Bonchev–Trinajstić information content (AvgIpc) is 2.56. The maximum absolute atomic E-state index is 12.8. The van der Waals surface area contributed by atoms with Gasteiger partial charge >= 0.3 is 0 Å². The fourth-order valence-corrected chi connectivity index (χ4v) is 1.99. The van der Waals surface area contributed by atoms with E-state index in [1.54, 1.807) is 6.07 Å². The van der Waals surface area contributed by atoms with Crippen molar-refractivity contribution in [3.8, 4) is 5.19 Å². The minimum absolute atomic E-state index is 0.233. The molecule has 1 aromatic heterocycles.